The Morgan fingerprint density at radius 1 is 0.963 bits per heavy atom. The van der Waals surface area contributed by atoms with Crippen LogP contribution < -0.4 is 0 Å². The van der Waals surface area contributed by atoms with Crippen LogP contribution in [-0.4, -0.2) is 123 Å². The van der Waals surface area contributed by atoms with E-state index in [0.717, 1.165) is 0 Å². The molecule has 0 saturated carbocycles. The summed E-state index contributed by atoms with van der Waals surface area (Å²) in [7, 11) is 0. The van der Waals surface area contributed by atoms with Crippen molar-refractivity contribution in [3.63, 3.8) is 0 Å². The number of halogens is 1. The maximum Gasteiger partial charge on any atom is 0.337 e. The summed E-state index contributed by atoms with van der Waals surface area (Å²) in [6.45, 7) is -3.99. The molecular weight excluding hydrogens is 379 g/mol. The van der Waals surface area contributed by atoms with Crippen LogP contribution in [0.4, 0.5) is 4.39 Å². The highest BCUT2D eigenvalue weighted by Crippen LogP contribution is 2.36. The van der Waals surface area contributed by atoms with Crippen molar-refractivity contribution in [1.82, 2.24) is 0 Å². The summed E-state index contributed by atoms with van der Waals surface area (Å²) < 4.78 is 32.6. The highest BCUT2D eigenvalue weighted by molar-refractivity contribution is 5.70. The van der Waals surface area contributed by atoms with E-state index in [2.05, 4.69) is 4.74 Å². The van der Waals surface area contributed by atoms with Gasteiger partial charge in [0, 0.05) is 0 Å². The van der Waals surface area contributed by atoms with E-state index in [1.165, 1.54) is 0 Å². The topological polar surface area (TPSA) is 196 Å². The largest absolute Gasteiger partial charge is 0.458 e. The molecule has 7 N–H and O–H groups in total. The molecule has 2 fully saturated rings. The quantitative estimate of drug-likeness (QED) is 0.201. The monoisotopic (exact) mass is 402 g/mol. The molecule has 0 aromatic carbocycles. The number of ether oxygens (including phenoxy) is 4. The van der Waals surface area contributed by atoms with Crippen molar-refractivity contribution in [1.29, 1.82) is 0 Å². The summed E-state index contributed by atoms with van der Waals surface area (Å²) in [5.74, 6) is -3.74. The van der Waals surface area contributed by atoms with Gasteiger partial charge in [-0.1, -0.05) is 0 Å². The first-order valence-corrected chi connectivity index (χ1v) is 8.05. The van der Waals surface area contributed by atoms with Crippen LogP contribution in [0, 0.1) is 0 Å². The molecule has 27 heavy (non-hydrogen) atoms. The molecule has 0 amide bonds. The summed E-state index contributed by atoms with van der Waals surface area (Å²) in [5.41, 5.74) is 0. The Morgan fingerprint density at radius 2 is 1.59 bits per heavy atom. The number of carbonyl (C=O) groups excluding carboxylic acids is 1. The zero-order valence-electron chi connectivity index (χ0n) is 14.0. The van der Waals surface area contributed by atoms with Gasteiger partial charge in [-0.15, -0.1) is 0 Å². The third kappa shape index (κ3) is 4.37. The lowest BCUT2D eigenvalue weighted by molar-refractivity contribution is -0.383. The highest BCUT2D eigenvalue weighted by atomic mass is 19.1. The molecule has 0 aromatic rings. The average Bonchev–Trinajstić information content (AvgIpc) is 2.91. The summed E-state index contributed by atoms with van der Waals surface area (Å²) in [6.07, 6.45) is -13.6. The summed E-state index contributed by atoms with van der Waals surface area (Å²) in [4.78, 5) is 11.1. The van der Waals surface area contributed by atoms with Crippen LogP contribution in [0.5, 0.6) is 0 Å². The van der Waals surface area contributed by atoms with Gasteiger partial charge >= 0.3 is 5.97 Å². The maximum absolute atomic E-state index is 12.4. The molecule has 0 spiro atoms. The SMILES string of the molecule is O=C(CF)OC[C@@]1(O[C@H]2O[C@H](CO)[C@@H](O)[C@H](O)[C@H]2O)O[C@H](CO)[C@@H](O)[C@@H]1O. The molecule has 0 bridgehead atoms. The zero-order chi connectivity index (χ0) is 20.4. The van der Waals surface area contributed by atoms with Crippen LogP contribution >= 0.6 is 0 Å². The molecule has 0 aliphatic carbocycles. The Balaban J connectivity index is 2.24. The van der Waals surface area contributed by atoms with E-state index >= 15 is 0 Å². The number of esters is 1. The van der Waals surface area contributed by atoms with Crippen molar-refractivity contribution >= 4 is 5.97 Å². The van der Waals surface area contributed by atoms with Crippen LogP contribution in [0.3, 0.4) is 0 Å². The Hall–Kier alpha value is -1.00. The van der Waals surface area contributed by atoms with Gasteiger partial charge in [0.1, 0.15) is 49.3 Å². The molecule has 2 aliphatic heterocycles. The number of hydrogen-bond donors (Lipinski definition) is 7. The Labute approximate surface area is 152 Å². The fourth-order valence-corrected chi connectivity index (χ4v) is 2.84. The maximum atomic E-state index is 12.4. The van der Waals surface area contributed by atoms with Crippen molar-refractivity contribution in [3.05, 3.63) is 0 Å². The first-order valence-electron chi connectivity index (χ1n) is 8.05. The summed E-state index contributed by atoms with van der Waals surface area (Å²) in [6, 6.07) is 0. The molecule has 13 heteroatoms. The van der Waals surface area contributed by atoms with Gasteiger partial charge < -0.3 is 54.7 Å². The van der Waals surface area contributed by atoms with Crippen molar-refractivity contribution in [2.45, 2.75) is 54.8 Å². The van der Waals surface area contributed by atoms with Gasteiger partial charge in [0.2, 0.25) is 5.79 Å². The van der Waals surface area contributed by atoms with Gasteiger partial charge in [0.15, 0.2) is 13.0 Å². The normalized spacial score (nSPS) is 45.0. The van der Waals surface area contributed by atoms with Crippen LogP contribution in [0.25, 0.3) is 0 Å². The second-order valence-corrected chi connectivity index (χ2v) is 6.20. The fourth-order valence-electron chi connectivity index (χ4n) is 2.84. The molecule has 2 saturated heterocycles. The van der Waals surface area contributed by atoms with Gasteiger partial charge in [0.05, 0.1) is 13.2 Å². The predicted octanol–water partition coefficient (Wildman–Crippen LogP) is -4.88. The van der Waals surface area contributed by atoms with E-state index in [-0.39, 0.29) is 0 Å². The predicted molar refractivity (Wildman–Crippen MR) is 78.5 cm³/mol. The third-order valence-corrected chi connectivity index (χ3v) is 4.39. The minimum atomic E-state index is -2.40. The number of aliphatic hydroxyl groups is 7. The lowest BCUT2D eigenvalue weighted by Gasteiger charge is -2.43. The smallest absolute Gasteiger partial charge is 0.337 e. The second kappa shape index (κ2) is 9.00. The molecule has 12 nitrogen and oxygen atoms in total. The Kier molecular flexibility index (Phi) is 7.43. The van der Waals surface area contributed by atoms with Gasteiger partial charge in [-0.3, -0.25) is 0 Å². The van der Waals surface area contributed by atoms with Crippen LogP contribution in [0.15, 0.2) is 0 Å². The van der Waals surface area contributed by atoms with Gasteiger partial charge in [-0.25, -0.2) is 9.18 Å². The molecule has 2 aliphatic rings. The van der Waals surface area contributed by atoms with Crippen LogP contribution in [0.1, 0.15) is 0 Å². The molecule has 9 atom stereocenters. The number of hydrogen-bond acceptors (Lipinski definition) is 12. The van der Waals surface area contributed by atoms with E-state index < -0.39 is 87.3 Å². The average molecular weight is 402 g/mol. The van der Waals surface area contributed by atoms with E-state index in [4.69, 9.17) is 14.2 Å². The zero-order valence-corrected chi connectivity index (χ0v) is 14.0. The first kappa shape index (κ1) is 22.3. The molecule has 2 rings (SSSR count). The second-order valence-electron chi connectivity index (χ2n) is 6.20. The van der Waals surface area contributed by atoms with Gasteiger partial charge in [-0.05, 0) is 0 Å². The molecule has 2 heterocycles. The van der Waals surface area contributed by atoms with Gasteiger partial charge in [0.25, 0.3) is 0 Å². The van der Waals surface area contributed by atoms with Crippen LogP contribution in [0.2, 0.25) is 0 Å². The number of aliphatic hydroxyl groups excluding tert-OH is 7. The minimum Gasteiger partial charge on any atom is -0.458 e. The third-order valence-electron chi connectivity index (χ3n) is 4.39. The Bertz CT molecular complexity index is 506. The van der Waals surface area contributed by atoms with Crippen LogP contribution in [-0.2, 0) is 23.7 Å². The number of alkyl halides is 1. The Morgan fingerprint density at radius 3 is 2.11 bits per heavy atom. The van der Waals surface area contributed by atoms with Crippen molar-refractivity contribution in [2.24, 2.45) is 0 Å². The van der Waals surface area contributed by atoms with Crippen molar-refractivity contribution < 1.29 is 63.9 Å². The molecule has 158 valence electrons. The molecule has 0 aromatic heterocycles. The summed E-state index contributed by atoms with van der Waals surface area (Å²) in [5, 5.41) is 68.2. The highest BCUT2D eigenvalue weighted by Gasteiger charge is 2.59. The van der Waals surface area contributed by atoms with E-state index in [1.54, 1.807) is 0 Å². The van der Waals surface area contributed by atoms with Crippen molar-refractivity contribution in [2.75, 3.05) is 26.5 Å². The molecule has 0 unspecified atom stereocenters. The van der Waals surface area contributed by atoms with Gasteiger partial charge in [-0.2, -0.15) is 0 Å². The lowest BCUT2D eigenvalue weighted by Crippen LogP contribution is -2.62. The summed E-state index contributed by atoms with van der Waals surface area (Å²) >= 11 is 0. The van der Waals surface area contributed by atoms with Crippen molar-refractivity contribution in [3.8, 4) is 0 Å². The number of carbonyl (C=O) groups is 1. The van der Waals surface area contributed by atoms with E-state index in [9.17, 15) is 44.9 Å². The van der Waals surface area contributed by atoms with E-state index in [1.807, 2.05) is 0 Å². The standard InChI is InChI=1S/C14H23FO12/c15-1-7(18)24-4-14(12(23)9(20)6(3-17)26-14)27-13-11(22)10(21)8(19)5(2-16)25-13/h5-6,8-13,16-17,19-23H,1-4H2/t5-,6-,8-,9-,10+,11-,12+,13-,14+/m1/s1. The first-order chi connectivity index (χ1) is 12.7. The lowest BCUT2D eigenvalue weighted by atomic mass is 9.99. The minimum absolute atomic E-state index is 0.764. The molecular formula is C14H23FO12. The molecule has 0 radical (unpaired) electrons. The van der Waals surface area contributed by atoms with E-state index in [0.29, 0.717) is 0 Å². The fraction of sp³-hybridized carbons (Fsp3) is 0.929. The number of rotatable bonds is 7.